The number of halogens is 1. The predicted molar refractivity (Wildman–Crippen MR) is 79.2 cm³/mol. The highest BCUT2D eigenvalue weighted by atomic mass is 19.1. The summed E-state index contributed by atoms with van der Waals surface area (Å²) in [6.45, 7) is 6.24. The molecule has 1 fully saturated rings. The first-order valence-corrected chi connectivity index (χ1v) is 7.62. The lowest BCUT2D eigenvalue weighted by Gasteiger charge is -2.28. The van der Waals surface area contributed by atoms with Crippen LogP contribution in [0.1, 0.15) is 45.4 Å². The summed E-state index contributed by atoms with van der Waals surface area (Å²) in [6.07, 6.45) is 4.25. The van der Waals surface area contributed by atoms with Gasteiger partial charge in [0.1, 0.15) is 11.3 Å². The molecule has 1 saturated heterocycles. The molecule has 0 saturated carbocycles. The highest BCUT2D eigenvalue weighted by molar-refractivity contribution is 5.77. The standard InChI is InChI=1S/C16H22FN3/c1-3-11-20-13-8-5-7-12(17)14(13)19-15(20)16(4-2)9-6-10-18-16/h5,7-8,18H,3-4,6,9-11H2,1-2H3. The molecule has 0 amide bonds. The normalized spacial score (nSPS) is 22.8. The molecule has 1 aliphatic heterocycles. The van der Waals surface area contributed by atoms with Crippen LogP contribution in [0, 0.1) is 5.82 Å². The van der Waals surface area contributed by atoms with Gasteiger partial charge in [-0.1, -0.05) is 19.9 Å². The maximum Gasteiger partial charge on any atom is 0.151 e. The van der Waals surface area contributed by atoms with Gasteiger partial charge in [0.25, 0.3) is 0 Å². The minimum Gasteiger partial charge on any atom is -0.326 e. The molecule has 1 N–H and O–H groups in total. The molecule has 20 heavy (non-hydrogen) atoms. The van der Waals surface area contributed by atoms with E-state index in [4.69, 9.17) is 0 Å². The van der Waals surface area contributed by atoms with Gasteiger partial charge in [-0.15, -0.1) is 0 Å². The summed E-state index contributed by atoms with van der Waals surface area (Å²) >= 11 is 0. The van der Waals surface area contributed by atoms with Gasteiger partial charge in [0, 0.05) is 6.54 Å². The molecule has 1 aliphatic rings. The van der Waals surface area contributed by atoms with Crippen molar-refractivity contribution in [2.24, 2.45) is 0 Å². The van der Waals surface area contributed by atoms with Crippen LogP contribution in [0.2, 0.25) is 0 Å². The number of nitrogens with one attached hydrogen (secondary N) is 1. The van der Waals surface area contributed by atoms with Crippen LogP contribution in [0.25, 0.3) is 11.0 Å². The number of benzene rings is 1. The second-order valence-corrected chi connectivity index (χ2v) is 5.66. The van der Waals surface area contributed by atoms with Crippen molar-refractivity contribution >= 4 is 11.0 Å². The minimum atomic E-state index is -0.220. The quantitative estimate of drug-likeness (QED) is 0.924. The van der Waals surface area contributed by atoms with Gasteiger partial charge >= 0.3 is 0 Å². The maximum absolute atomic E-state index is 14.0. The summed E-state index contributed by atoms with van der Waals surface area (Å²) in [7, 11) is 0. The highest BCUT2D eigenvalue weighted by Gasteiger charge is 2.38. The molecule has 3 rings (SSSR count). The Labute approximate surface area is 119 Å². The first-order chi connectivity index (χ1) is 9.72. The third-order valence-corrected chi connectivity index (χ3v) is 4.45. The second-order valence-electron chi connectivity index (χ2n) is 5.66. The molecule has 1 aromatic heterocycles. The zero-order valence-electron chi connectivity index (χ0n) is 12.2. The smallest absolute Gasteiger partial charge is 0.151 e. The fraction of sp³-hybridized carbons (Fsp3) is 0.562. The number of hydrogen-bond donors (Lipinski definition) is 1. The average molecular weight is 275 g/mol. The van der Waals surface area contributed by atoms with Crippen molar-refractivity contribution in [2.45, 2.75) is 51.6 Å². The SMILES string of the molecule is CCCn1c(C2(CC)CCCN2)nc2c(F)cccc21. The Bertz CT molecular complexity index is 611. The van der Waals surface area contributed by atoms with E-state index in [0.717, 1.165) is 50.1 Å². The molecule has 0 bridgehead atoms. The van der Waals surface area contributed by atoms with Crippen molar-refractivity contribution in [3.63, 3.8) is 0 Å². The number of para-hydroxylation sites is 1. The molecular formula is C16H22FN3. The first-order valence-electron chi connectivity index (χ1n) is 7.62. The molecule has 2 aromatic rings. The summed E-state index contributed by atoms with van der Waals surface area (Å²) < 4.78 is 16.2. The molecule has 0 aliphatic carbocycles. The number of aryl methyl sites for hydroxylation is 1. The number of fused-ring (bicyclic) bond motifs is 1. The van der Waals surface area contributed by atoms with E-state index in [0.29, 0.717) is 5.52 Å². The topological polar surface area (TPSA) is 29.9 Å². The Morgan fingerprint density at radius 3 is 2.90 bits per heavy atom. The van der Waals surface area contributed by atoms with Crippen LogP contribution in [0.15, 0.2) is 18.2 Å². The molecule has 108 valence electrons. The van der Waals surface area contributed by atoms with Gasteiger partial charge in [-0.2, -0.15) is 0 Å². The molecule has 0 radical (unpaired) electrons. The number of aromatic nitrogens is 2. The summed E-state index contributed by atoms with van der Waals surface area (Å²) in [5, 5.41) is 3.61. The third kappa shape index (κ3) is 1.94. The van der Waals surface area contributed by atoms with Gasteiger partial charge in [0.2, 0.25) is 0 Å². The van der Waals surface area contributed by atoms with Gasteiger partial charge in [0.15, 0.2) is 5.82 Å². The van der Waals surface area contributed by atoms with Crippen molar-refractivity contribution < 1.29 is 4.39 Å². The fourth-order valence-corrected chi connectivity index (χ4v) is 3.39. The molecule has 3 nitrogen and oxygen atoms in total. The Kier molecular flexibility index (Phi) is 3.50. The monoisotopic (exact) mass is 275 g/mol. The minimum absolute atomic E-state index is 0.0827. The first kappa shape index (κ1) is 13.6. The van der Waals surface area contributed by atoms with Crippen LogP contribution in [0.3, 0.4) is 0 Å². The zero-order valence-corrected chi connectivity index (χ0v) is 12.2. The highest BCUT2D eigenvalue weighted by Crippen LogP contribution is 2.35. The number of rotatable bonds is 4. The lowest BCUT2D eigenvalue weighted by molar-refractivity contribution is 0.338. The van der Waals surface area contributed by atoms with Crippen LogP contribution in [0.4, 0.5) is 4.39 Å². The van der Waals surface area contributed by atoms with Crippen LogP contribution in [-0.2, 0) is 12.1 Å². The van der Waals surface area contributed by atoms with Crippen LogP contribution in [-0.4, -0.2) is 16.1 Å². The van der Waals surface area contributed by atoms with Gasteiger partial charge in [-0.05, 0) is 44.4 Å². The van der Waals surface area contributed by atoms with E-state index in [2.05, 4.69) is 28.7 Å². The van der Waals surface area contributed by atoms with Gasteiger partial charge < -0.3 is 9.88 Å². The van der Waals surface area contributed by atoms with Crippen molar-refractivity contribution in [1.29, 1.82) is 0 Å². The van der Waals surface area contributed by atoms with E-state index in [1.807, 2.05) is 6.07 Å². The van der Waals surface area contributed by atoms with Crippen molar-refractivity contribution in [3.8, 4) is 0 Å². The summed E-state index contributed by atoms with van der Waals surface area (Å²) in [5.41, 5.74) is 1.35. The van der Waals surface area contributed by atoms with E-state index in [-0.39, 0.29) is 11.4 Å². The number of nitrogens with zero attached hydrogens (tertiary/aromatic N) is 2. The van der Waals surface area contributed by atoms with Crippen molar-refractivity contribution in [1.82, 2.24) is 14.9 Å². The van der Waals surface area contributed by atoms with Crippen LogP contribution >= 0.6 is 0 Å². The Hall–Kier alpha value is -1.42. The molecule has 1 atom stereocenters. The van der Waals surface area contributed by atoms with E-state index in [9.17, 15) is 4.39 Å². The number of hydrogen-bond acceptors (Lipinski definition) is 2. The van der Waals surface area contributed by atoms with Crippen LogP contribution < -0.4 is 5.32 Å². The summed E-state index contributed by atoms with van der Waals surface area (Å²) in [5.74, 6) is 0.794. The van der Waals surface area contributed by atoms with Crippen LogP contribution in [0.5, 0.6) is 0 Å². The summed E-state index contributed by atoms with van der Waals surface area (Å²) in [6, 6.07) is 5.25. The largest absolute Gasteiger partial charge is 0.326 e. The van der Waals surface area contributed by atoms with E-state index >= 15 is 0 Å². The van der Waals surface area contributed by atoms with Crippen molar-refractivity contribution in [3.05, 3.63) is 29.8 Å². The third-order valence-electron chi connectivity index (χ3n) is 4.45. The fourth-order valence-electron chi connectivity index (χ4n) is 3.39. The predicted octanol–water partition coefficient (Wildman–Crippen LogP) is 3.57. The van der Waals surface area contributed by atoms with Crippen molar-refractivity contribution in [2.75, 3.05) is 6.54 Å². The molecular weight excluding hydrogens is 253 g/mol. The van der Waals surface area contributed by atoms with Gasteiger partial charge in [-0.3, -0.25) is 0 Å². The number of imidazole rings is 1. The Morgan fingerprint density at radius 1 is 1.40 bits per heavy atom. The lowest BCUT2D eigenvalue weighted by Crippen LogP contribution is -2.38. The van der Waals surface area contributed by atoms with Gasteiger partial charge in [-0.25, -0.2) is 9.37 Å². The Balaban J connectivity index is 2.23. The molecule has 0 spiro atoms. The molecule has 1 aromatic carbocycles. The second kappa shape index (κ2) is 5.17. The average Bonchev–Trinajstić information content (AvgIpc) is 3.06. The molecule has 1 unspecified atom stereocenters. The van der Waals surface area contributed by atoms with E-state index in [1.165, 1.54) is 6.07 Å². The lowest BCUT2D eigenvalue weighted by atomic mass is 9.93. The van der Waals surface area contributed by atoms with E-state index in [1.54, 1.807) is 6.07 Å². The zero-order chi connectivity index (χ0) is 14.2. The molecule has 2 heterocycles. The summed E-state index contributed by atoms with van der Waals surface area (Å²) in [4.78, 5) is 4.68. The maximum atomic E-state index is 14.0. The molecule has 4 heteroatoms. The van der Waals surface area contributed by atoms with E-state index < -0.39 is 0 Å². The Morgan fingerprint density at radius 2 is 2.25 bits per heavy atom. The van der Waals surface area contributed by atoms with Gasteiger partial charge in [0.05, 0.1) is 11.1 Å².